The Kier molecular flexibility index (Phi) is 7.25. The van der Waals surface area contributed by atoms with E-state index in [9.17, 15) is 0 Å². The molecule has 134 valence electrons. The van der Waals surface area contributed by atoms with Crippen LogP contribution >= 0.6 is 0 Å². The summed E-state index contributed by atoms with van der Waals surface area (Å²) >= 11 is 0. The lowest BCUT2D eigenvalue weighted by atomic mass is 9.85. The Balaban J connectivity index is 0.00000100. The zero-order chi connectivity index (χ0) is 17.5. The Hall–Kier alpha value is -1.39. The van der Waals surface area contributed by atoms with Crippen LogP contribution in [0, 0.1) is 11.8 Å². The molecule has 1 aromatic rings. The second kappa shape index (κ2) is 9.19. The van der Waals surface area contributed by atoms with Gasteiger partial charge in [-0.1, -0.05) is 32.9 Å². The summed E-state index contributed by atoms with van der Waals surface area (Å²) in [5.74, 6) is 1.12. The summed E-state index contributed by atoms with van der Waals surface area (Å²) in [5, 5.41) is 4.37. The van der Waals surface area contributed by atoms with Gasteiger partial charge in [0, 0.05) is 31.3 Å². The van der Waals surface area contributed by atoms with E-state index in [-0.39, 0.29) is 0 Å². The van der Waals surface area contributed by atoms with Crippen molar-refractivity contribution in [2.75, 3.05) is 33.4 Å². The molecule has 0 radical (unpaired) electrons. The van der Waals surface area contributed by atoms with Crippen molar-refractivity contribution >= 4 is 5.57 Å². The molecule has 2 aliphatic heterocycles. The lowest BCUT2D eigenvalue weighted by molar-refractivity contribution is -0.0113. The second-order valence-corrected chi connectivity index (χ2v) is 6.76. The summed E-state index contributed by atoms with van der Waals surface area (Å²) < 4.78 is 7.35. The molecule has 0 spiro atoms. The number of hydrogen-bond acceptors (Lipinski definition) is 3. The minimum atomic E-state index is 0.534. The zero-order valence-corrected chi connectivity index (χ0v) is 16.0. The largest absolute Gasteiger partial charge is 0.380 e. The molecule has 0 aromatic carbocycles. The molecule has 0 saturated carbocycles. The Bertz CT molecular complexity index is 569. The number of rotatable bonds is 2. The van der Waals surface area contributed by atoms with Crippen LogP contribution in [0.15, 0.2) is 30.1 Å². The van der Waals surface area contributed by atoms with Gasteiger partial charge < -0.3 is 9.64 Å². The number of hydrogen-bond donors (Lipinski definition) is 0. The van der Waals surface area contributed by atoms with E-state index in [0.717, 1.165) is 19.8 Å². The Morgan fingerprint density at radius 1 is 1.21 bits per heavy atom. The van der Waals surface area contributed by atoms with Gasteiger partial charge in [-0.25, -0.2) is 0 Å². The van der Waals surface area contributed by atoms with Crippen LogP contribution in [0.3, 0.4) is 0 Å². The number of nitrogens with zero attached hydrogens (tertiary/aromatic N) is 3. The number of aromatic nitrogens is 2. The molecule has 24 heavy (non-hydrogen) atoms. The molecule has 4 heteroatoms. The van der Waals surface area contributed by atoms with E-state index < -0.39 is 0 Å². The van der Waals surface area contributed by atoms with Gasteiger partial charge >= 0.3 is 0 Å². The molecule has 1 atom stereocenters. The fourth-order valence-corrected chi connectivity index (χ4v) is 3.23. The molecule has 0 aliphatic carbocycles. The van der Waals surface area contributed by atoms with E-state index in [1.165, 1.54) is 36.1 Å². The Labute approximate surface area is 147 Å². The summed E-state index contributed by atoms with van der Waals surface area (Å²) in [6.07, 6.45) is 11.5. The van der Waals surface area contributed by atoms with Crippen LogP contribution < -0.4 is 0 Å². The molecule has 1 fully saturated rings. The van der Waals surface area contributed by atoms with Crippen LogP contribution in [-0.2, 0) is 11.8 Å². The highest BCUT2D eigenvalue weighted by atomic mass is 16.5. The smallest absolute Gasteiger partial charge is 0.0568 e. The van der Waals surface area contributed by atoms with Crippen molar-refractivity contribution < 1.29 is 4.74 Å². The van der Waals surface area contributed by atoms with Crippen molar-refractivity contribution in [1.29, 1.82) is 0 Å². The average molecular weight is 332 g/mol. The molecule has 0 N–H and O–H groups in total. The summed E-state index contributed by atoms with van der Waals surface area (Å²) in [6.45, 7) is 10.2. The highest BCUT2D eigenvalue weighted by Crippen LogP contribution is 2.34. The SMILES string of the molecule is CC.CC1/C=C(c2cnn(C)c2)\C(C2COC2)=C/CN(C)CCC1. The molecule has 4 nitrogen and oxygen atoms in total. The Morgan fingerprint density at radius 3 is 2.54 bits per heavy atom. The predicted octanol–water partition coefficient (Wildman–Crippen LogP) is 3.76. The molecule has 3 rings (SSSR count). The first-order valence-corrected chi connectivity index (χ1v) is 9.31. The summed E-state index contributed by atoms with van der Waals surface area (Å²) in [5.41, 5.74) is 4.04. The molecule has 1 aromatic heterocycles. The quantitative estimate of drug-likeness (QED) is 0.826. The minimum Gasteiger partial charge on any atom is -0.380 e. The first-order chi connectivity index (χ1) is 11.6. The van der Waals surface area contributed by atoms with Crippen molar-refractivity contribution in [3.8, 4) is 0 Å². The maximum Gasteiger partial charge on any atom is 0.0568 e. The van der Waals surface area contributed by atoms with Crippen molar-refractivity contribution in [3.05, 3.63) is 35.7 Å². The van der Waals surface area contributed by atoms with Crippen LogP contribution in [0.2, 0.25) is 0 Å². The lowest BCUT2D eigenvalue weighted by Crippen LogP contribution is -2.31. The molecule has 1 saturated heterocycles. The standard InChI is InChI=1S/C18H27N3O.C2H6/c1-14-5-4-7-20(2)8-6-17(16-12-22-13-16)18(9-14)15-10-19-21(3)11-15;1-2/h6,9-11,14,16H,4-5,7-8,12-13H2,1-3H3;1-2H3/b17-6-,18-9-;. The fraction of sp³-hybridized carbons (Fsp3) is 0.650. The second-order valence-electron chi connectivity index (χ2n) is 6.76. The van der Waals surface area contributed by atoms with E-state index in [0.29, 0.717) is 11.8 Å². The van der Waals surface area contributed by atoms with Gasteiger partial charge in [-0.3, -0.25) is 4.68 Å². The topological polar surface area (TPSA) is 30.3 Å². The molecular formula is C20H33N3O. The van der Waals surface area contributed by atoms with Crippen LogP contribution in [0.25, 0.3) is 5.57 Å². The lowest BCUT2D eigenvalue weighted by Gasteiger charge is -2.31. The third kappa shape index (κ3) is 4.81. The van der Waals surface area contributed by atoms with Gasteiger partial charge in [-0.05, 0) is 43.5 Å². The van der Waals surface area contributed by atoms with E-state index in [1.807, 2.05) is 31.8 Å². The molecule has 0 bridgehead atoms. The molecule has 3 heterocycles. The minimum absolute atomic E-state index is 0.534. The number of allylic oxidation sites excluding steroid dienone is 2. The first kappa shape index (κ1) is 18.9. The first-order valence-electron chi connectivity index (χ1n) is 9.31. The van der Waals surface area contributed by atoms with Crippen molar-refractivity contribution in [2.24, 2.45) is 18.9 Å². The monoisotopic (exact) mass is 331 g/mol. The summed E-state index contributed by atoms with van der Waals surface area (Å²) in [4.78, 5) is 2.42. The molecule has 1 unspecified atom stereocenters. The van der Waals surface area contributed by atoms with E-state index in [1.54, 1.807) is 0 Å². The fourth-order valence-electron chi connectivity index (χ4n) is 3.23. The van der Waals surface area contributed by atoms with Crippen LogP contribution in [0.1, 0.15) is 39.2 Å². The molecule has 2 aliphatic rings. The summed E-state index contributed by atoms with van der Waals surface area (Å²) in [6, 6.07) is 0. The molecular weight excluding hydrogens is 298 g/mol. The third-order valence-electron chi connectivity index (χ3n) is 4.68. The summed E-state index contributed by atoms with van der Waals surface area (Å²) in [7, 11) is 4.20. The van der Waals surface area contributed by atoms with Gasteiger partial charge in [0.25, 0.3) is 0 Å². The third-order valence-corrected chi connectivity index (χ3v) is 4.68. The maximum atomic E-state index is 5.46. The molecule has 0 amide bonds. The van der Waals surface area contributed by atoms with E-state index in [2.05, 4.69) is 42.3 Å². The van der Waals surface area contributed by atoms with Crippen molar-refractivity contribution in [1.82, 2.24) is 14.7 Å². The van der Waals surface area contributed by atoms with E-state index >= 15 is 0 Å². The maximum absolute atomic E-state index is 5.46. The highest BCUT2D eigenvalue weighted by Gasteiger charge is 2.27. The van der Waals surface area contributed by atoms with Gasteiger partial charge in [0.2, 0.25) is 0 Å². The number of ether oxygens (including phenoxy) is 1. The average Bonchev–Trinajstić information content (AvgIpc) is 2.95. The predicted molar refractivity (Wildman–Crippen MR) is 101 cm³/mol. The number of aryl methyl sites for hydroxylation is 1. The Morgan fingerprint density at radius 2 is 1.96 bits per heavy atom. The zero-order valence-electron chi connectivity index (χ0n) is 16.0. The van der Waals surface area contributed by atoms with Crippen LogP contribution in [-0.4, -0.2) is 48.0 Å². The highest BCUT2D eigenvalue weighted by molar-refractivity contribution is 5.79. The van der Waals surface area contributed by atoms with Gasteiger partial charge in [0.05, 0.1) is 19.4 Å². The van der Waals surface area contributed by atoms with Gasteiger partial charge in [-0.2, -0.15) is 5.10 Å². The van der Waals surface area contributed by atoms with Gasteiger partial charge in [0.15, 0.2) is 0 Å². The number of likely N-dealkylation sites (N-methyl/N-ethyl adjacent to an activating group) is 1. The van der Waals surface area contributed by atoms with Crippen molar-refractivity contribution in [3.63, 3.8) is 0 Å². The van der Waals surface area contributed by atoms with Crippen LogP contribution in [0.5, 0.6) is 0 Å². The van der Waals surface area contributed by atoms with Gasteiger partial charge in [0.1, 0.15) is 0 Å². The van der Waals surface area contributed by atoms with Crippen LogP contribution in [0.4, 0.5) is 0 Å². The van der Waals surface area contributed by atoms with Gasteiger partial charge in [-0.15, -0.1) is 0 Å². The van der Waals surface area contributed by atoms with E-state index in [4.69, 9.17) is 4.74 Å². The normalized spacial score (nSPS) is 27.8. The van der Waals surface area contributed by atoms with Crippen molar-refractivity contribution in [2.45, 2.75) is 33.6 Å².